The van der Waals surface area contributed by atoms with E-state index >= 15 is 0 Å². The number of rotatable bonds is 0. The van der Waals surface area contributed by atoms with Crippen molar-refractivity contribution in [3.8, 4) is 5.75 Å². The first-order chi connectivity index (χ1) is 6.58. The molecule has 1 atom stereocenters. The van der Waals surface area contributed by atoms with E-state index in [0.29, 0.717) is 0 Å². The molecule has 1 aliphatic heterocycles. The van der Waals surface area contributed by atoms with Gasteiger partial charge in [0.05, 0.1) is 5.69 Å². The molecule has 0 aliphatic carbocycles. The molecule has 3 nitrogen and oxygen atoms in total. The van der Waals surface area contributed by atoms with Crippen LogP contribution in [0.1, 0.15) is 6.92 Å². The van der Waals surface area contributed by atoms with Crippen molar-refractivity contribution >= 4 is 11.6 Å². The molecule has 1 aliphatic rings. The molecule has 0 unspecified atom stereocenters. The van der Waals surface area contributed by atoms with E-state index in [2.05, 4.69) is 5.32 Å². The normalized spacial score (nSPS) is 19.6. The summed E-state index contributed by atoms with van der Waals surface area (Å²) < 4.78 is 30.6. The van der Waals surface area contributed by atoms with Crippen LogP contribution in [0.2, 0.25) is 0 Å². The van der Waals surface area contributed by atoms with Crippen molar-refractivity contribution in [1.82, 2.24) is 0 Å². The Morgan fingerprint density at radius 1 is 1.36 bits per heavy atom. The summed E-state index contributed by atoms with van der Waals surface area (Å²) in [6.07, 6.45) is -0.688. The van der Waals surface area contributed by atoms with Gasteiger partial charge >= 0.3 is 0 Å². The quantitative estimate of drug-likeness (QED) is 0.690. The molecule has 1 N–H and O–H groups in total. The maximum atomic E-state index is 12.8. The average Bonchev–Trinajstić information content (AvgIpc) is 2.11. The van der Waals surface area contributed by atoms with Crippen molar-refractivity contribution in [3.63, 3.8) is 0 Å². The van der Waals surface area contributed by atoms with E-state index in [4.69, 9.17) is 4.74 Å². The summed E-state index contributed by atoms with van der Waals surface area (Å²) >= 11 is 0. The number of hydrogen-bond acceptors (Lipinski definition) is 2. The highest BCUT2D eigenvalue weighted by molar-refractivity contribution is 5.97. The number of halogens is 2. The number of ether oxygens (including phenoxy) is 1. The Hall–Kier alpha value is -1.65. The summed E-state index contributed by atoms with van der Waals surface area (Å²) in [5, 5.41) is 2.41. The zero-order valence-electron chi connectivity index (χ0n) is 7.30. The van der Waals surface area contributed by atoms with E-state index in [-0.39, 0.29) is 17.3 Å². The number of hydrogen-bond donors (Lipinski definition) is 1. The van der Waals surface area contributed by atoms with E-state index in [1.54, 1.807) is 0 Å². The van der Waals surface area contributed by atoms with Crippen LogP contribution >= 0.6 is 0 Å². The average molecular weight is 199 g/mol. The Balaban J connectivity index is 2.47. The van der Waals surface area contributed by atoms with Gasteiger partial charge in [-0.25, -0.2) is 8.78 Å². The molecular weight excluding hydrogens is 192 g/mol. The monoisotopic (exact) mass is 199 g/mol. The molecule has 0 saturated heterocycles. The van der Waals surface area contributed by atoms with Gasteiger partial charge in [0.2, 0.25) is 0 Å². The van der Waals surface area contributed by atoms with Gasteiger partial charge in [0.15, 0.2) is 17.7 Å². The molecule has 1 aromatic carbocycles. The molecule has 1 heterocycles. The summed E-state index contributed by atoms with van der Waals surface area (Å²) in [5.41, 5.74) is 0.159. The van der Waals surface area contributed by atoms with E-state index in [9.17, 15) is 13.6 Å². The topological polar surface area (TPSA) is 38.3 Å². The molecule has 0 fully saturated rings. The number of carbonyl (C=O) groups is 1. The first kappa shape index (κ1) is 8.93. The van der Waals surface area contributed by atoms with Crippen molar-refractivity contribution in [3.05, 3.63) is 23.8 Å². The summed E-state index contributed by atoms with van der Waals surface area (Å²) in [6, 6.07) is 1.81. The van der Waals surface area contributed by atoms with Gasteiger partial charge in [0, 0.05) is 12.1 Å². The summed E-state index contributed by atoms with van der Waals surface area (Å²) in [4.78, 5) is 11.1. The van der Waals surface area contributed by atoms with E-state index in [1.165, 1.54) is 6.92 Å². The van der Waals surface area contributed by atoms with Crippen LogP contribution in [-0.4, -0.2) is 12.0 Å². The van der Waals surface area contributed by atoms with Crippen molar-refractivity contribution < 1.29 is 18.3 Å². The molecular formula is C9H7F2NO2. The predicted molar refractivity (Wildman–Crippen MR) is 45.1 cm³/mol. The summed E-state index contributed by atoms with van der Waals surface area (Å²) in [6.45, 7) is 1.53. The van der Waals surface area contributed by atoms with Crippen LogP contribution in [0.5, 0.6) is 5.75 Å². The molecule has 5 heteroatoms. The van der Waals surface area contributed by atoms with Gasteiger partial charge in [-0.3, -0.25) is 4.79 Å². The standard InChI is InChI=1S/C9H7F2NO2/c1-4-9(13)12-7-2-5(10)6(11)3-8(7)14-4/h2-4H,1H3,(H,12,13)/t4-/m1/s1. The fourth-order valence-corrected chi connectivity index (χ4v) is 1.20. The third-order valence-electron chi connectivity index (χ3n) is 1.95. The number of nitrogens with one attached hydrogen (secondary N) is 1. The van der Waals surface area contributed by atoms with Gasteiger partial charge < -0.3 is 10.1 Å². The number of amides is 1. The highest BCUT2D eigenvalue weighted by atomic mass is 19.2. The highest BCUT2D eigenvalue weighted by Gasteiger charge is 2.24. The maximum Gasteiger partial charge on any atom is 0.265 e. The van der Waals surface area contributed by atoms with Gasteiger partial charge in [-0.15, -0.1) is 0 Å². The molecule has 0 saturated carbocycles. The summed E-state index contributed by atoms with van der Waals surface area (Å²) in [7, 11) is 0. The zero-order valence-corrected chi connectivity index (χ0v) is 7.30. The lowest BCUT2D eigenvalue weighted by Gasteiger charge is -2.23. The molecule has 1 aromatic rings. The van der Waals surface area contributed by atoms with Gasteiger partial charge in [-0.1, -0.05) is 0 Å². The van der Waals surface area contributed by atoms with Crippen LogP contribution in [0.25, 0.3) is 0 Å². The van der Waals surface area contributed by atoms with Crippen LogP contribution in [-0.2, 0) is 4.79 Å². The Morgan fingerprint density at radius 2 is 2.00 bits per heavy atom. The lowest BCUT2D eigenvalue weighted by molar-refractivity contribution is -0.122. The van der Waals surface area contributed by atoms with Crippen LogP contribution in [0.4, 0.5) is 14.5 Å². The molecule has 1 amide bonds. The van der Waals surface area contributed by atoms with Gasteiger partial charge in [-0.05, 0) is 6.92 Å². The summed E-state index contributed by atoms with van der Waals surface area (Å²) in [5.74, 6) is -2.23. The minimum atomic E-state index is -1.01. The lowest BCUT2D eigenvalue weighted by atomic mass is 10.2. The second-order valence-corrected chi connectivity index (χ2v) is 3.01. The fourth-order valence-electron chi connectivity index (χ4n) is 1.20. The highest BCUT2D eigenvalue weighted by Crippen LogP contribution is 2.31. The van der Waals surface area contributed by atoms with Gasteiger partial charge in [-0.2, -0.15) is 0 Å². The fraction of sp³-hybridized carbons (Fsp3) is 0.222. The van der Waals surface area contributed by atoms with Crippen LogP contribution in [0, 0.1) is 11.6 Å². The largest absolute Gasteiger partial charge is 0.479 e. The number of fused-ring (bicyclic) bond motifs is 1. The van der Waals surface area contributed by atoms with Crippen molar-refractivity contribution in [2.45, 2.75) is 13.0 Å². The van der Waals surface area contributed by atoms with Crippen LogP contribution in [0.15, 0.2) is 12.1 Å². The van der Waals surface area contributed by atoms with Gasteiger partial charge in [0.25, 0.3) is 5.91 Å². The molecule has 0 aromatic heterocycles. The van der Waals surface area contributed by atoms with Crippen molar-refractivity contribution in [2.24, 2.45) is 0 Å². The SMILES string of the molecule is C[C@H]1Oc2cc(F)c(F)cc2NC1=O. The molecule has 74 valence electrons. The Bertz CT molecular complexity index is 406. The number of carbonyl (C=O) groups excluding carboxylic acids is 1. The lowest BCUT2D eigenvalue weighted by Crippen LogP contribution is -2.34. The van der Waals surface area contributed by atoms with Crippen LogP contribution in [0.3, 0.4) is 0 Å². The minimum Gasteiger partial charge on any atom is -0.479 e. The number of benzene rings is 1. The minimum absolute atomic E-state index is 0.149. The van der Waals surface area contributed by atoms with E-state index < -0.39 is 17.7 Å². The predicted octanol–water partition coefficient (Wildman–Crippen LogP) is 1.68. The Labute approximate surface area is 78.7 Å². The zero-order chi connectivity index (χ0) is 10.3. The van der Waals surface area contributed by atoms with E-state index in [1.807, 2.05) is 0 Å². The smallest absolute Gasteiger partial charge is 0.265 e. The van der Waals surface area contributed by atoms with Crippen molar-refractivity contribution in [2.75, 3.05) is 5.32 Å². The molecule has 0 spiro atoms. The third kappa shape index (κ3) is 1.30. The molecule has 0 radical (unpaired) electrons. The van der Waals surface area contributed by atoms with E-state index in [0.717, 1.165) is 12.1 Å². The second-order valence-electron chi connectivity index (χ2n) is 3.01. The molecule has 0 bridgehead atoms. The first-order valence-electron chi connectivity index (χ1n) is 4.04. The Kier molecular flexibility index (Phi) is 1.87. The van der Waals surface area contributed by atoms with Gasteiger partial charge in [0.1, 0.15) is 5.75 Å². The molecule has 14 heavy (non-hydrogen) atoms. The first-order valence-corrected chi connectivity index (χ1v) is 4.04. The Morgan fingerprint density at radius 3 is 2.71 bits per heavy atom. The van der Waals surface area contributed by atoms with Crippen molar-refractivity contribution in [1.29, 1.82) is 0 Å². The second kappa shape index (κ2) is 2.94. The maximum absolute atomic E-state index is 12.8. The molecule has 2 rings (SSSR count). The third-order valence-corrected chi connectivity index (χ3v) is 1.95. The van der Waals surface area contributed by atoms with Crippen LogP contribution < -0.4 is 10.1 Å². The number of anilines is 1.